The van der Waals surface area contributed by atoms with Crippen molar-refractivity contribution in [3.63, 3.8) is 0 Å². The van der Waals surface area contributed by atoms with Gasteiger partial charge in [-0.3, -0.25) is 4.79 Å². The van der Waals surface area contributed by atoms with E-state index in [9.17, 15) is 9.59 Å². The minimum atomic E-state index is -1.09. The van der Waals surface area contributed by atoms with Crippen molar-refractivity contribution >= 4 is 5.97 Å². The number of aromatic nitrogens is 1. The molecule has 0 saturated carbocycles. The average molecular weight is 257 g/mol. The first-order valence-corrected chi connectivity index (χ1v) is 5.92. The lowest BCUT2D eigenvalue weighted by Gasteiger charge is -2.11. The fourth-order valence-electron chi connectivity index (χ4n) is 1.94. The molecule has 1 aromatic carbocycles. The normalized spacial score (nSPS) is 10.5. The van der Waals surface area contributed by atoms with Crippen molar-refractivity contribution in [1.29, 1.82) is 0 Å². The molecule has 0 saturated heterocycles. The SMILES string of the molecule is Cc1ccc(-c2cc(C(=O)O)cc(=O)n2C)cc1C. The first kappa shape index (κ1) is 13.1. The number of benzene rings is 1. The zero-order valence-corrected chi connectivity index (χ0v) is 11.1. The Bertz CT molecular complexity index is 714. The van der Waals surface area contributed by atoms with Gasteiger partial charge in [-0.25, -0.2) is 4.79 Å². The molecule has 0 spiro atoms. The first-order valence-electron chi connectivity index (χ1n) is 5.92. The van der Waals surface area contributed by atoms with Gasteiger partial charge in [0.05, 0.1) is 11.3 Å². The van der Waals surface area contributed by atoms with Crippen LogP contribution in [-0.2, 0) is 7.05 Å². The Labute approximate surface area is 110 Å². The van der Waals surface area contributed by atoms with Crippen LogP contribution in [0.2, 0.25) is 0 Å². The van der Waals surface area contributed by atoms with Crippen molar-refractivity contribution in [2.24, 2.45) is 7.05 Å². The molecule has 0 atom stereocenters. The summed E-state index contributed by atoms with van der Waals surface area (Å²) in [6.45, 7) is 3.99. The highest BCUT2D eigenvalue weighted by Gasteiger charge is 2.11. The van der Waals surface area contributed by atoms with Crippen LogP contribution in [0.25, 0.3) is 11.3 Å². The topological polar surface area (TPSA) is 59.3 Å². The molecule has 0 unspecified atom stereocenters. The van der Waals surface area contributed by atoms with Crippen LogP contribution >= 0.6 is 0 Å². The minimum Gasteiger partial charge on any atom is -0.478 e. The van der Waals surface area contributed by atoms with Gasteiger partial charge in [0, 0.05) is 13.1 Å². The van der Waals surface area contributed by atoms with E-state index in [-0.39, 0.29) is 11.1 Å². The van der Waals surface area contributed by atoms with Gasteiger partial charge in [0.15, 0.2) is 0 Å². The van der Waals surface area contributed by atoms with Crippen LogP contribution in [0.5, 0.6) is 0 Å². The quantitative estimate of drug-likeness (QED) is 0.898. The zero-order valence-electron chi connectivity index (χ0n) is 11.1. The maximum absolute atomic E-state index is 11.8. The summed E-state index contributed by atoms with van der Waals surface area (Å²) in [5, 5.41) is 9.02. The molecular formula is C15H15NO3. The molecule has 1 heterocycles. The van der Waals surface area contributed by atoms with Gasteiger partial charge in [0.1, 0.15) is 0 Å². The number of pyridine rings is 1. The van der Waals surface area contributed by atoms with Crippen LogP contribution in [0.3, 0.4) is 0 Å². The predicted molar refractivity (Wildman–Crippen MR) is 73.6 cm³/mol. The van der Waals surface area contributed by atoms with Crippen molar-refractivity contribution in [3.05, 3.63) is 57.4 Å². The highest BCUT2D eigenvalue weighted by molar-refractivity contribution is 5.88. The lowest BCUT2D eigenvalue weighted by atomic mass is 10.0. The van der Waals surface area contributed by atoms with Gasteiger partial charge in [-0.1, -0.05) is 12.1 Å². The standard InChI is InChI=1S/C15H15NO3/c1-9-4-5-11(6-10(9)2)13-7-12(15(18)19)8-14(17)16(13)3/h4-8H,1-3H3,(H,18,19). The molecule has 0 aliphatic heterocycles. The van der Waals surface area contributed by atoms with E-state index in [4.69, 9.17) is 5.11 Å². The summed E-state index contributed by atoms with van der Waals surface area (Å²) in [6.07, 6.45) is 0. The summed E-state index contributed by atoms with van der Waals surface area (Å²) in [4.78, 5) is 22.8. The molecular weight excluding hydrogens is 242 g/mol. The summed E-state index contributed by atoms with van der Waals surface area (Å²) in [5.41, 5.74) is 3.39. The lowest BCUT2D eigenvalue weighted by Crippen LogP contribution is -2.19. The van der Waals surface area contributed by atoms with Gasteiger partial charge >= 0.3 is 5.97 Å². The Morgan fingerprint density at radius 2 is 1.79 bits per heavy atom. The molecule has 1 aromatic heterocycles. The van der Waals surface area contributed by atoms with Crippen LogP contribution in [0.15, 0.2) is 35.1 Å². The van der Waals surface area contributed by atoms with Crippen LogP contribution < -0.4 is 5.56 Å². The number of carboxylic acid groups (broad SMARTS) is 1. The number of aromatic carboxylic acids is 1. The van der Waals surface area contributed by atoms with Gasteiger partial charge in [0.25, 0.3) is 5.56 Å². The molecule has 0 fully saturated rings. The maximum Gasteiger partial charge on any atom is 0.335 e. The Balaban J connectivity index is 2.70. The third-order valence-electron chi connectivity index (χ3n) is 3.31. The fourth-order valence-corrected chi connectivity index (χ4v) is 1.94. The van der Waals surface area contributed by atoms with Crippen molar-refractivity contribution in [1.82, 2.24) is 4.57 Å². The van der Waals surface area contributed by atoms with E-state index in [0.29, 0.717) is 5.69 Å². The molecule has 4 heteroatoms. The van der Waals surface area contributed by atoms with Crippen molar-refractivity contribution in [2.75, 3.05) is 0 Å². The van der Waals surface area contributed by atoms with E-state index >= 15 is 0 Å². The van der Waals surface area contributed by atoms with E-state index in [1.54, 1.807) is 7.05 Å². The summed E-state index contributed by atoms with van der Waals surface area (Å²) in [7, 11) is 1.64. The minimum absolute atomic E-state index is 0.0105. The van der Waals surface area contributed by atoms with E-state index in [2.05, 4.69) is 0 Å². The highest BCUT2D eigenvalue weighted by atomic mass is 16.4. The summed E-state index contributed by atoms with van der Waals surface area (Å²) >= 11 is 0. The molecule has 19 heavy (non-hydrogen) atoms. The van der Waals surface area contributed by atoms with Crippen molar-refractivity contribution < 1.29 is 9.90 Å². The number of hydrogen-bond acceptors (Lipinski definition) is 2. The Morgan fingerprint density at radius 1 is 1.11 bits per heavy atom. The molecule has 2 aromatic rings. The van der Waals surface area contributed by atoms with E-state index < -0.39 is 5.97 Å². The number of carboxylic acids is 1. The van der Waals surface area contributed by atoms with Crippen LogP contribution in [0, 0.1) is 13.8 Å². The molecule has 0 aliphatic carbocycles. The number of hydrogen-bond donors (Lipinski definition) is 1. The Hall–Kier alpha value is -2.36. The molecule has 98 valence electrons. The molecule has 0 bridgehead atoms. The summed E-state index contributed by atoms with van der Waals surface area (Å²) < 4.78 is 1.45. The zero-order chi connectivity index (χ0) is 14.2. The predicted octanol–water partition coefficient (Wildman–Crippen LogP) is 2.37. The van der Waals surface area contributed by atoms with Gasteiger partial charge in [0.2, 0.25) is 0 Å². The Kier molecular flexibility index (Phi) is 3.25. The van der Waals surface area contributed by atoms with Crippen molar-refractivity contribution in [2.45, 2.75) is 13.8 Å². The lowest BCUT2D eigenvalue weighted by molar-refractivity contribution is 0.0696. The molecule has 2 rings (SSSR count). The second-order valence-electron chi connectivity index (χ2n) is 4.63. The molecule has 0 aliphatic rings. The smallest absolute Gasteiger partial charge is 0.335 e. The monoisotopic (exact) mass is 257 g/mol. The highest BCUT2D eigenvalue weighted by Crippen LogP contribution is 2.21. The van der Waals surface area contributed by atoms with Crippen LogP contribution in [-0.4, -0.2) is 15.6 Å². The number of carbonyl (C=O) groups is 1. The third kappa shape index (κ3) is 2.42. The maximum atomic E-state index is 11.8. The number of nitrogens with zero attached hydrogens (tertiary/aromatic N) is 1. The van der Waals surface area contributed by atoms with Crippen LogP contribution in [0.4, 0.5) is 0 Å². The molecule has 4 nitrogen and oxygen atoms in total. The molecule has 0 amide bonds. The summed E-state index contributed by atoms with van der Waals surface area (Å²) in [5.74, 6) is -1.09. The van der Waals surface area contributed by atoms with Crippen LogP contribution in [0.1, 0.15) is 21.5 Å². The first-order chi connectivity index (χ1) is 8.90. The number of rotatable bonds is 2. The van der Waals surface area contributed by atoms with Gasteiger partial charge in [-0.2, -0.15) is 0 Å². The molecule has 0 radical (unpaired) electrons. The summed E-state index contributed by atoms with van der Waals surface area (Å²) in [6, 6.07) is 8.46. The fraction of sp³-hybridized carbons (Fsp3) is 0.200. The average Bonchev–Trinajstić information content (AvgIpc) is 2.35. The molecule has 1 N–H and O–H groups in total. The van der Waals surface area contributed by atoms with E-state index in [1.165, 1.54) is 10.6 Å². The van der Waals surface area contributed by atoms with Gasteiger partial charge in [-0.05, 0) is 42.7 Å². The Morgan fingerprint density at radius 3 is 2.37 bits per heavy atom. The number of aryl methyl sites for hydroxylation is 2. The largest absolute Gasteiger partial charge is 0.478 e. The second kappa shape index (κ2) is 4.72. The van der Waals surface area contributed by atoms with Gasteiger partial charge < -0.3 is 9.67 Å². The van der Waals surface area contributed by atoms with E-state index in [0.717, 1.165) is 22.8 Å². The third-order valence-corrected chi connectivity index (χ3v) is 3.31. The second-order valence-corrected chi connectivity index (χ2v) is 4.63. The van der Waals surface area contributed by atoms with E-state index in [1.807, 2.05) is 32.0 Å². The van der Waals surface area contributed by atoms with Crippen molar-refractivity contribution in [3.8, 4) is 11.3 Å². The van der Waals surface area contributed by atoms with Gasteiger partial charge in [-0.15, -0.1) is 0 Å².